The summed E-state index contributed by atoms with van der Waals surface area (Å²) in [4.78, 5) is 28.9. The van der Waals surface area contributed by atoms with E-state index in [1.165, 1.54) is 0 Å². The number of benzene rings is 1. The molecule has 24 heavy (non-hydrogen) atoms. The summed E-state index contributed by atoms with van der Waals surface area (Å²) in [6.45, 7) is 1.41. The molecular weight excluding hydrogens is 306 g/mol. The Kier molecular flexibility index (Phi) is 4.49. The number of nitrogens with zero attached hydrogens (tertiary/aromatic N) is 2. The van der Waals surface area contributed by atoms with Crippen LogP contribution in [0, 0.1) is 5.41 Å². The summed E-state index contributed by atoms with van der Waals surface area (Å²) in [5, 5.41) is 13.3. The number of hydrogen-bond acceptors (Lipinski definition) is 4. The van der Waals surface area contributed by atoms with E-state index in [2.05, 4.69) is 5.32 Å². The van der Waals surface area contributed by atoms with E-state index >= 15 is 0 Å². The van der Waals surface area contributed by atoms with Crippen molar-refractivity contribution in [3.63, 3.8) is 0 Å². The first-order valence-corrected chi connectivity index (χ1v) is 8.47. The van der Waals surface area contributed by atoms with Crippen LogP contribution in [0.4, 0.5) is 5.69 Å². The van der Waals surface area contributed by atoms with Gasteiger partial charge in [0.1, 0.15) is 0 Å². The van der Waals surface area contributed by atoms with Crippen molar-refractivity contribution in [3.05, 3.63) is 29.8 Å². The summed E-state index contributed by atoms with van der Waals surface area (Å²) in [6, 6.07) is 7.46. The third kappa shape index (κ3) is 2.86. The number of anilines is 1. The Morgan fingerprint density at radius 3 is 2.67 bits per heavy atom. The maximum Gasteiger partial charge on any atom is 0.253 e. The molecule has 0 radical (unpaired) electrons. The number of nitrogens with one attached hydrogen (secondary N) is 1. The maximum absolute atomic E-state index is 12.8. The summed E-state index contributed by atoms with van der Waals surface area (Å²) in [6.07, 6.45) is 1.22. The molecule has 2 heterocycles. The minimum absolute atomic E-state index is 0.0787. The zero-order valence-electron chi connectivity index (χ0n) is 14.3. The Morgan fingerprint density at radius 2 is 2.04 bits per heavy atom. The Balaban J connectivity index is 1.79. The molecule has 0 aliphatic carbocycles. The zero-order valence-corrected chi connectivity index (χ0v) is 14.3. The minimum atomic E-state index is -0.851. The fraction of sp³-hybridized carbons (Fsp3) is 0.556. The van der Waals surface area contributed by atoms with Gasteiger partial charge in [-0.1, -0.05) is 0 Å². The number of aliphatic hydroxyl groups is 1. The molecule has 6 nitrogen and oxygen atoms in total. The number of hydrogen-bond donors (Lipinski definition) is 2. The monoisotopic (exact) mass is 331 g/mol. The fourth-order valence-electron chi connectivity index (χ4n) is 3.70. The number of carbonyl (C=O) groups is 2. The van der Waals surface area contributed by atoms with E-state index in [1.807, 2.05) is 43.3 Å². The van der Waals surface area contributed by atoms with Crippen LogP contribution < -0.4 is 10.2 Å². The van der Waals surface area contributed by atoms with Crippen LogP contribution in [-0.2, 0) is 4.79 Å². The molecule has 2 aliphatic heterocycles. The van der Waals surface area contributed by atoms with Crippen molar-refractivity contribution in [1.82, 2.24) is 10.2 Å². The van der Waals surface area contributed by atoms with Gasteiger partial charge >= 0.3 is 0 Å². The third-order valence-corrected chi connectivity index (χ3v) is 5.24. The Morgan fingerprint density at radius 1 is 1.33 bits per heavy atom. The van der Waals surface area contributed by atoms with Gasteiger partial charge in [0.2, 0.25) is 5.91 Å². The minimum Gasteiger partial charge on any atom is -0.392 e. The summed E-state index contributed by atoms with van der Waals surface area (Å²) in [7, 11) is 3.91. The van der Waals surface area contributed by atoms with Gasteiger partial charge in [0.25, 0.3) is 5.91 Å². The maximum atomic E-state index is 12.8. The largest absolute Gasteiger partial charge is 0.392 e. The van der Waals surface area contributed by atoms with Crippen molar-refractivity contribution in [2.24, 2.45) is 5.41 Å². The van der Waals surface area contributed by atoms with E-state index in [0.29, 0.717) is 31.5 Å². The van der Waals surface area contributed by atoms with Gasteiger partial charge in [-0.3, -0.25) is 9.59 Å². The zero-order chi connectivity index (χ0) is 17.3. The summed E-state index contributed by atoms with van der Waals surface area (Å²) in [5.41, 5.74) is 0.794. The van der Waals surface area contributed by atoms with Crippen molar-refractivity contribution in [2.75, 3.05) is 38.6 Å². The molecule has 1 spiro atoms. The molecular formula is C18H25N3O3. The molecule has 2 N–H and O–H groups in total. The molecule has 0 aromatic heterocycles. The molecule has 2 atom stereocenters. The Labute approximate surface area is 142 Å². The lowest BCUT2D eigenvalue weighted by atomic mass is 9.71. The van der Waals surface area contributed by atoms with E-state index in [4.69, 9.17) is 0 Å². The fourth-order valence-corrected chi connectivity index (χ4v) is 3.70. The highest BCUT2D eigenvalue weighted by molar-refractivity contribution is 5.95. The Bertz CT molecular complexity index is 629. The van der Waals surface area contributed by atoms with Crippen LogP contribution in [-0.4, -0.2) is 61.7 Å². The third-order valence-electron chi connectivity index (χ3n) is 5.24. The lowest BCUT2D eigenvalue weighted by molar-refractivity contribution is -0.147. The molecule has 2 amide bonds. The average Bonchev–Trinajstić information content (AvgIpc) is 2.59. The normalized spacial score (nSPS) is 27.0. The van der Waals surface area contributed by atoms with Crippen LogP contribution in [0.5, 0.6) is 0 Å². The van der Waals surface area contributed by atoms with Gasteiger partial charge < -0.3 is 20.2 Å². The van der Waals surface area contributed by atoms with Crippen molar-refractivity contribution in [3.8, 4) is 0 Å². The molecule has 0 unspecified atom stereocenters. The van der Waals surface area contributed by atoms with E-state index in [9.17, 15) is 14.7 Å². The van der Waals surface area contributed by atoms with E-state index in [1.54, 1.807) is 4.90 Å². The molecule has 2 aliphatic rings. The summed E-state index contributed by atoms with van der Waals surface area (Å²) < 4.78 is 0. The van der Waals surface area contributed by atoms with Gasteiger partial charge in [0.15, 0.2) is 0 Å². The van der Waals surface area contributed by atoms with Gasteiger partial charge in [-0.05, 0) is 43.5 Å². The SMILES string of the molecule is CN(C)c1ccc(C(=O)N2CC[C@@H](O)[C@@]3(CCCNC3=O)C2)cc1. The average molecular weight is 331 g/mol. The highest BCUT2D eigenvalue weighted by atomic mass is 16.3. The van der Waals surface area contributed by atoms with Gasteiger partial charge in [-0.15, -0.1) is 0 Å². The summed E-state index contributed by atoms with van der Waals surface area (Å²) >= 11 is 0. The summed E-state index contributed by atoms with van der Waals surface area (Å²) in [5.74, 6) is -0.202. The first-order chi connectivity index (χ1) is 11.4. The molecule has 130 valence electrons. The van der Waals surface area contributed by atoms with Gasteiger partial charge in [-0.2, -0.15) is 0 Å². The number of amides is 2. The second-order valence-corrected chi connectivity index (χ2v) is 6.99. The van der Waals surface area contributed by atoms with Crippen LogP contribution in [0.2, 0.25) is 0 Å². The smallest absolute Gasteiger partial charge is 0.253 e. The van der Waals surface area contributed by atoms with Crippen molar-refractivity contribution >= 4 is 17.5 Å². The first kappa shape index (κ1) is 16.8. The molecule has 1 aromatic carbocycles. The predicted molar refractivity (Wildman–Crippen MR) is 92.0 cm³/mol. The van der Waals surface area contributed by atoms with E-state index in [-0.39, 0.29) is 18.4 Å². The second-order valence-electron chi connectivity index (χ2n) is 6.99. The van der Waals surface area contributed by atoms with Gasteiger partial charge in [-0.25, -0.2) is 0 Å². The number of likely N-dealkylation sites (tertiary alicyclic amines) is 1. The lowest BCUT2D eigenvalue weighted by Gasteiger charge is -2.46. The standard InChI is InChI=1S/C18H25N3O3/c1-20(2)14-6-4-13(5-7-14)16(23)21-11-8-15(22)18(12-21)9-3-10-19-17(18)24/h4-7,15,22H,3,8-12H2,1-2H3,(H,19,24)/t15-,18-/m1/s1. The first-order valence-electron chi connectivity index (χ1n) is 8.47. The van der Waals surface area contributed by atoms with Crippen LogP contribution in [0.25, 0.3) is 0 Å². The molecule has 1 aromatic rings. The Hall–Kier alpha value is -2.08. The molecule has 6 heteroatoms. The van der Waals surface area contributed by atoms with Crippen molar-refractivity contribution < 1.29 is 14.7 Å². The van der Waals surface area contributed by atoms with Crippen LogP contribution in [0.15, 0.2) is 24.3 Å². The van der Waals surface area contributed by atoms with Crippen molar-refractivity contribution in [2.45, 2.75) is 25.4 Å². The highest BCUT2D eigenvalue weighted by Gasteiger charge is 2.50. The number of piperidine rings is 2. The number of carbonyl (C=O) groups excluding carboxylic acids is 2. The van der Waals surface area contributed by atoms with Crippen LogP contribution >= 0.6 is 0 Å². The number of rotatable bonds is 2. The molecule has 0 saturated carbocycles. The van der Waals surface area contributed by atoms with Crippen LogP contribution in [0.1, 0.15) is 29.6 Å². The highest BCUT2D eigenvalue weighted by Crippen LogP contribution is 2.37. The van der Waals surface area contributed by atoms with E-state index in [0.717, 1.165) is 12.1 Å². The molecule has 0 bridgehead atoms. The second kappa shape index (κ2) is 6.43. The molecule has 2 saturated heterocycles. The van der Waals surface area contributed by atoms with Gasteiger partial charge in [0, 0.05) is 45.0 Å². The topological polar surface area (TPSA) is 72.9 Å². The lowest BCUT2D eigenvalue weighted by Crippen LogP contribution is -2.62. The number of aliphatic hydroxyl groups excluding tert-OH is 1. The predicted octanol–water partition coefficient (Wildman–Crippen LogP) is 0.856. The molecule has 2 fully saturated rings. The van der Waals surface area contributed by atoms with Crippen LogP contribution in [0.3, 0.4) is 0 Å². The quantitative estimate of drug-likeness (QED) is 0.843. The molecule has 3 rings (SSSR count). The van der Waals surface area contributed by atoms with E-state index < -0.39 is 11.5 Å². The van der Waals surface area contributed by atoms with Crippen molar-refractivity contribution in [1.29, 1.82) is 0 Å². The van der Waals surface area contributed by atoms with Gasteiger partial charge in [0.05, 0.1) is 11.5 Å².